The van der Waals surface area contributed by atoms with Crippen LogP contribution in [-0.4, -0.2) is 36.9 Å². The number of carbonyl (C=O) groups is 1. The Morgan fingerprint density at radius 2 is 1.86 bits per heavy atom. The SMILES string of the molecule is CC1CC(C(=O)O)CN(S(=O)(=O)Cc2cc(Cl)cc(Cl)c2)C1. The van der Waals surface area contributed by atoms with Gasteiger partial charge in [0.15, 0.2) is 0 Å². The van der Waals surface area contributed by atoms with Crippen molar-refractivity contribution >= 4 is 39.2 Å². The molecule has 1 saturated heterocycles. The lowest BCUT2D eigenvalue weighted by Crippen LogP contribution is -2.45. The molecule has 122 valence electrons. The Morgan fingerprint density at radius 1 is 1.27 bits per heavy atom. The largest absolute Gasteiger partial charge is 0.481 e. The quantitative estimate of drug-likeness (QED) is 0.889. The molecule has 1 aromatic carbocycles. The molecule has 2 rings (SSSR count). The van der Waals surface area contributed by atoms with Crippen LogP contribution >= 0.6 is 23.2 Å². The zero-order chi connectivity index (χ0) is 16.5. The third kappa shape index (κ3) is 4.35. The van der Waals surface area contributed by atoms with Crippen LogP contribution in [0.25, 0.3) is 0 Å². The van der Waals surface area contributed by atoms with Gasteiger partial charge < -0.3 is 5.11 Å². The van der Waals surface area contributed by atoms with E-state index in [1.807, 2.05) is 6.92 Å². The number of carboxylic acid groups (broad SMARTS) is 1. The third-order valence-electron chi connectivity index (χ3n) is 3.64. The lowest BCUT2D eigenvalue weighted by Gasteiger charge is -2.33. The molecule has 1 aliphatic rings. The van der Waals surface area contributed by atoms with Gasteiger partial charge in [0.2, 0.25) is 10.0 Å². The van der Waals surface area contributed by atoms with Crippen LogP contribution < -0.4 is 0 Å². The van der Waals surface area contributed by atoms with E-state index >= 15 is 0 Å². The highest BCUT2D eigenvalue weighted by molar-refractivity contribution is 7.88. The minimum Gasteiger partial charge on any atom is -0.481 e. The van der Waals surface area contributed by atoms with Crippen molar-refractivity contribution in [2.45, 2.75) is 19.1 Å². The Morgan fingerprint density at radius 3 is 2.41 bits per heavy atom. The Hall–Kier alpha value is -0.820. The van der Waals surface area contributed by atoms with Crippen molar-refractivity contribution in [3.8, 4) is 0 Å². The second-order valence-electron chi connectivity index (χ2n) is 5.73. The van der Waals surface area contributed by atoms with Crippen molar-refractivity contribution in [2.24, 2.45) is 11.8 Å². The van der Waals surface area contributed by atoms with Crippen LogP contribution in [0.1, 0.15) is 18.9 Å². The normalized spacial score (nSPS) is 23.4. The molecule has 1 aliphatic heterocycles. The first-order valence-corrected chi connectivity index (χ1v) is 9.19. The fourth-order valence-electron chi connectivity index (χ4n) is 2.70. The molecule has 8 heteroatoms. The van der Waals surface area contributed by atoms with Gasteiger partial charge in [-0.2, -0.15) is 0 Å². The Balaban J connectivity index is 2.20. The molecule has 1 heterocycles. The summed E-state index contributed by atoms with van der Waals surface area (Å²) in [7, 11) is -3.62. The fraction of sp³-hybridized carbons (Fsp3) is 0.500. The van der Waals surface area contributed by atoms with E-state index in [2.05, 4.69) is 0 Å². The van der Waals surface area contributed by atoms with Crippen molar-refractivity contribution in [1.29, 1.82) is 0 Å². The summed E-state index contributed by atoms with van der Waals surface area (Å²) in [5.74, 6) is -1.86. The minimum absolute atomic E-state index is 0.00701. The molecule has 0 amide bonds. The first-order valence-electron chi connectivity index (χ1n) is 6.83. The fourth-order valence-corrected chi connectivity index (χ4v) is 4.94. The summed E-state index contributed by atoms with van der Waals surface area (Å²) in [5, 5.41) is 9.88. The maximum atomic E-state index is 12.5. The van der Waals surface area contributed by atoms with Crippen molar-refractivity contribution in [3.63, 3.8) is 0 Å². The number of hydrogen-bond donors (Lipinski definition) is 1. The first-order chi connectivity index (χ1) is 10.2. The number of carboxylic acids is 1. The highest BCUT2D eigenvalue weighted by Crippen LogP contribution is 2.27. The molecule has 1 N–H and O–H groups in total. The number of hydrogen-bond acceptors (Lipinski definition) is 3. The monoisotopic (exact) mass is 365 g/mol. The van der Waals surface area contributed by atoms with Crippen LogP contribution in [-0.2, 0) is 20.6 Å². The second kappa shape index (κ2) is 6.74. The van der Waals surface area contributed by atoms with Crippen molar-refractivity contribution in [2.75, 3.05) is 13.1 Å². The highest BCUT2D eigenvalue weighted by atomic mass is 35.5. The van der Waals surface area contributed by atoms with E-state index in [1.165, 1.54) is 10.4 Å². The number of sulfonamides is 1. The Kier molecular flexibility index (Phi) is 5.37. The summed E-state index contributed by atoms with van der Waals surface area (Å²) in [6.07, 6.45) is 0.490. The smallest absolute Gasteiger partial charge is 0.307 e. The van der Waals surface area contributed by atoms with Crippen LogP contribution in [0, 0.1) is 11.8 Å². The first kappa shape index (κ1) is 17.5. The minimum atomic E-state index is -3.62. The summed E-state index contributed by atoms with van der Waals surface area (Å²) >= 11 is 11.8. The van der Waals surface area contributed by atoms with E-state index in [4.69, 9.17) is 28.3 Å². The molecule has 0 aromatic heterocycles. The van der Waals surface area contributed by atoms with Gasteiger partial charge in [-0.25, -0.2) is 12.7 Å². The van der Waals surface area contributed by atoms with E-state index in [9.17, 15) is 13.2 Å². The molecule has 0 aliphatic carbocycles. The highest BCUT2D eigenvalue weighted by Gasteiger charge is 2.35. The average molecular weight is 366 g/mol. The number of piperidine rings is 1. The Bertz CT molecular complexity index is 657. The maximum absolute atomic E-state index is 12.5. The van der Waals surface area contributed by atoms with Crippen LogP contribution in [0.3, 0.4) is 0 Å². The molecule has 0 radical (unpaired) electrons. The molecular weight excluding hydrogens is 349 g/mol. The number of rotatable bonds is 4. The van der Waals surface area contributed by atoms with Gasteiger partial charge in [-0.3, -0.25) is 4.79 Å². The summed E-state index contributed by atoms with van der Waals surface area (Å²) < 4.78 is 26.3. The molecule has 5 nitrogen and oxygen atoms in total. The standard InChI is InChI=1S/C14H17Cl2NO4S/c1-9-2-11(14(18)19)7-17(6-9)22(20,21)8-10-3-12(15)5-13(16)4-10/h3-5,9,11H,2,6-8H2,1H3,(H,18,19). The van der Waals surface area contributed by atoms with Crippen LogP contribution in [0.5, 0.6) is 0 Å². The van der Waals surface area contributed by atoms with Crippen molar-refractivity contribution in [3.05, 3.63) is 33.8 Å². The average Bonchev–Trinajstić information content (AvgIpc) is 2.35. The van der Waals surface area contributed by atoms with Gasteiger partial charge in [-0.1, -0.05) is 30.1 Å². The summed E-state index contributed by atoms with van der Waals surface area (Å²) in [6.45, 7) is 2.20. The third-order valence-corrected chi connectivity index (χ3v) is 5.86. The van der Waals surface area contributed by atoms with E-state index in [1.54, 1.807) is 12.1 Å². The van der Waals surface area contributed by atoms with E-state index in [0.29, 0.717) is 28.6 Å². The van der Waals surface area contributed by atoms with Gasteiger partial charge in [-0.05, 0) is 36.1 Å². The van der Waals surface area contributed by atoms with Gasteiger partial charge in [-0.15, -0.1) is 0 Å². The van der Waals surface area contributed by atoms with Gasteiger partial charge in [0, 0.05) is 23.1 Å². The topological polar surface area (TPSA) is 74.7 Å². The second-order valence-corrected chi connectivity index (χ2v) is 8.57. The number of halogens is 2. The molecule has 1 fully saturated rings. The maximum Gasteiger partial charge on any atom is 0.307 e. The van der Waals surface area contributed by atoms with Gasteiger partial charge in [0.05, 0.1) is 11.7 Å². The van der Waals surface area contributed by atoms with Crippen molar-refractivity contribution < 1.29 is 18.3 Å². The molecular formula is C14H17Cl2NO4S. The molecule has 0 saturated carbocycles. The van der Waals surface area contributed by atoms with Crippen LogP contribution in [0.2, 0.25) is 10.0 Å². The predicted octanol–water partition coefficient (Wildman–Crippen LogP) is 2.87. The summed E-state index contributed by atoms with van der Waals surface area (Å²) in [4.78, 5) is 11.2. The van der Waals surface area contributed by atoms with Gasteiger partial charge in [0.25, 0.3) is 0 Å². The van der Waals surface area contributed by atoms with Crippen LogP contribution in [0.4, 0.5) is 0 Å². The number of nitrogens with zero attached hydrogens (tertiary/aromatic N) is 1. The summed E-state index contributed by atoms with van der Waals surface area (Å²) in [5.41, 5.74) is 0.489. The summed E-state index contributed by atoms with van der Waals surface area (Å²) in [6, 6.07) is 4.63. The van der Waals surface area contributed by atoms with Crippen molar-refractivity contribution in [1.82, 2.24) is 4.31 Å². The van der Waals surface area contributed by atoms with E-state index in [-0.39, 0.29) is 18.2 Å². The molecule has 2 atom stereocenters. The lowest BCUT2D eigenvalue weighted by atomic mass is 9.92. The van der Waals surface area contributed by atoms with E-state index < -0.39 is 21.9 Å². The predicted molar refractivity (Wildman–Crippen MR) is 85.6 cm³/mol. The molecule has 2 unspecified atom stereocenters. The number of aliphatic carboxylic acids is 1. The lowest BCUT2D eigenvalue weighted by molar-refractivity contribution is -0.143. The zero-order valence-corrected chi connectivity index (χ0v) is 14.3. The molecule has 0 spiro atoms. The molecule has 22 heavy (non-hydrogen) atoms. The number of benzene rings is 1. The molecule has 1 aromatic rings. The van der Waals surface area contributed by atoms with Crippen LogP contribution in [0.15, 0.2) is 18.2 Å². The van der Waals surface area contributed by atoms with E-state index in [0.717, 1.165) is 0 Å². The molecule has 0 bridgehead atoms. The Labute approximate surface area is 139 Å². The van der Waals surface area contributed by atoms with Gasteiger partial charge >= 0.3 is 5.97 Å². The zero-order valence-electron chi connectivity index (χ0n) is 12.0. The van der Waals surface area contributed by atoms with Gasteiger partial charge in [0.1, 0.15) is 0 Å².